The fourth-order valence-corrected chi connectivity index (χ4v) is 0. The molecule has 3 heteroatoms. The monoisotopic (exact) mass is 80.1 g/mol. The van der Waals surface area contributed by atoms with E-state index < -0.39 is 0 Å². The summed E-state index contributed by atoms with van der Waals surface area (Å²) in [5.41, 5.74) is 0. The van der Waals surface area contributed by atoms with E-state index in [1.54, 1.807) is 0 Å². The second-order valence-electron chi connectivity index (χ2n) is 0. The number of rotatable bonds is 0. The molecule has 0 aromatic rings. The first-order valence-corrected chi connectivity index (χ1v) is 1.33. The van der Waals surface area contributed by atoms with Crippen molar-refractivity contribution in [2.75, 3.05) is 0 Å². The van der Waals surface area contributed by atoms with Gasteiger partial charge in [-0.3, -0.25) is 11.7 Å². The van der Waals surface area contributed by atoms with E-state index in [1.165, 1.54) is 0 Å². The summed E-state index contributed by atoms with van der Waals surface area (Å²) in [4.78, 5) is 0. The smallest absolute Gasteiger partial charge is 0.0683 e. The maximum atomic E-state index is 4.00. The average molecular weight is 80.1 g/mol. The summed E-state index contributed by atoms with van der Waals surface area (Å²) in [5.74, 6) is 8.00. The van der Waals surface area contributed by atoms with Gasteiger partial charge in [-0.1, -0.05) is 13.8 Å². The van der Waals surface area contributed by atoms with Crippen molar-refractivity contribution in [3.63, 3.8) is 0 Å². The molecule has 0 aromatic heterocycles. The van der Waals surface area contributed by atoms with Crippen molar-refractivity contribution < 1.29 is 5.48 Å². The molecule has 3 nitrogen and oxygen atoms in total. The van der Waals surface area contributed by atoms with Gasteiger partial charge in [-0.25, -0.2) is 0 Å². The van der Waals surface area contributed by atoms with Crippen LogP contribution in [-0.2, 0) is 0 Å². The van der Waals surface area contributed by atoms with E-state index in [-0.39, 0.29) is 5.48 Å². The maximum absolute atomic E-state index is 4.00. The van der Waals surface area contributed by atoms with Crippen molar-refractivity contribution in [3.05, 3.63) is 0 Å². The highest BCUT2D eigenvalue weighted by atomic mass is 16.0. The van der Waals surface area contributed by atoms with Gasteiger partial charge in [0.15, 0.2) is 0 Å². The zero-order chi connectivity index (χ0) is 4.00. The second-order valence-corrected chi connectivity index (χ2v) is 0. The predicted octanol–water partition coefficient (Wildman–Crippen LogP) is -0.980. The van der Waals surface area contributed by atoms with Crippen molar-refractivity contribution in [1.82, 2.24) is 0 Å². The van der Waals surface area contributed by atoms with Gasteiger partial charge in [-0.05, 0) is 0 Å². The highest BCUT2D eigenvalue weighted by Crippen LogP contribution is 1.14. The summed E-state index contributed by atoms with van der Waals surface area (Å²) in [6.45, 7) is 4.00. The molecule has 0 aliphatic carbocycles. The third-order valence-corrected chi connectivity index (χ3v) is 0. The summed E-state index contributed by atoms with van der Waals surface area (Å²) in [7, 11) is 0. The van der Waals surface area contributed by atoms with E-state index in [0.29, 0.717) is 0 Å². The Kier molecular flexibility index (Phi) is 9290. The van der Waals surface area contributed by atoms with Crippen molar-refractivity contribution in [2.45, 2.75) is 13.8 Å². The van der Waals surface area contributed by atoms with Gasteiger partial charge in [0.1, 0.15) is 0 Å². The molecule has 0 unspecified atom stereocenters. The van der Waals surface area contributed by atoms with Crippen LogP contribution in [0, 0.1) is 0 Å². The van der Waals surface area contributed by atoms with Crippen LogP contribution in [0.5, 0.6) is 0 Å². The van der Waals surface area contributed by atoms with Gasteiger partial charge in [-0.2, -0.15) is 0 Å². The molecule has 0 aromatic carbocycles. The van der Waals surface area contributed by atoms with Crippen LogP contribution < -0.4 is 11.7 Å². The van der Waals surface area contributed by atoms with Crippen LogP contribution in [0.1, 0.15) is 13.8 Å². The summed E-state index contributed by atoms with van der Waals surface area (Å²) < 4.78 is 0. The summed E-state index contributed by atoms with van der Waals surface area (Å²) in [5, 5.41) is 0. The van der Waals surface area contributed by atoms with E-state index in [2.05, 4.69) is 11.7 Å². The normalized spacial score (nSPS) is 2.40. The second kappa shape index (κ2) is 2230. The van der Waals surface area contributed by atoms with Gasteiger partial charge in [0.05, 0.1) is 0 Å². The highest BCUT2D eigenvalue weighted by Gasteiger charge is 0.932. The minimum atomic E-state index is 0. The number of hydrogen-bond donors (Lipinski definition) is 2. The number of hydrogen-bond acceptors (Lipinski definition) is 2. The lowest BCUT2D eigenvalue weighted by Gasteiger charge is -1.27. The minimum absolute atomic E-state index is 0. The molecule has 0 radical (unpaired) electrons. The number of nitrogens with two attached hydrogens (primary N) is 2. The lowest BCUT2D eigenvalue weighted by Crippen LogP contribution is -2.02. The highest BCUT2D eigenvalue weighted by molar-refractivity contribution is 3.50. The molecule has 0 fully saturated rings. The molecule has 0 saturated heterocycles. The Hall–Kier alpha value is -0.120. The van der Waals surface area contributed by atoms with Crippen LogP contribution in [-0.4, -0.2) is 5.48 Å². The minimum Gasteiger partial charge on any atom is -0.412 e. The Morgan fingerprint density at radius 3 is 1.00 bits per heavy atom. The predicted molar refractivity (Wildman–Crippen MR) is 23.3 cm³/mol. The zero-order valence-electron chi connectivity index (χ0n) is 3.65. The van der Waals surface area contributed by atoms with E-state index in [9.17, 15) is 0 Å². The van der Waals surface area contributed by atoms with E-state index in [4.69, 9.17) is 0 Å². The first-order chi connectivity index (χ1) is 2.00. The Labute approximate surface area is 32.2 Å². The van der Waals surface area contributed by atoms with E-state index >= 15 is 0 Å². The van der Waals surface area contributed by atoms with Gasteiger partial charge >= 0.3 is 0 Å². The van der Waals surface area contributed by atoms with E-state index in [0.717, 1.165) is 0 Å². The van der Waals surface area contributed by atoms with Crippen LogP contribution in [0.25, 0.3) is 0 Å². The molecule has 0 saturated carbocycles. The fourth-order valence-electron chi connectivity index (χ4n) is 0. The topological polar surface area (TPSA) is 83.5 Å². The molecule has 0 aliphatic heterocycles. The molecule has 5 heavy (non-hydrogen) atoms. The van der Waals surface area contributed by atoms with Crippen LogP contribution in [0.3, 0.4) is 0 Å². The Balaban J connectivity index is -0.0000000133. The summed E-state index contributed by atoms with van der Waals surface area (Å²) in [6.07, 6.45) is 0. The molecule has 36 valence electrons. The lowest BCUT2D eigenvalue weighted by molar-refractivity contribution is 0.824. The quantitative estimate of drug-likeness (QED) is 0.289. The third kappa shape index (κ3) is 952. The molecule has 0 amide bonds. The van der Waals surface area contributed by atoms with Crippen LogP contribution in [0.4, 0.5) is 0 Å². The first-order valence-electron chi connectivity index (χ1n) is 1.33. The molecular formula is C2H12N2O. The Morgan fingerprint density at radius 2 is 1.00 bits per heavy atom. The molecule has 0 spiro atoms. The number of hydrazine groups is 1. The summed E-state index contributed by atoms with van der Waals surface area (Å²) >= 11 is 0. The Bertz CT molecular complexity index is 7.61. The van der Waals surface area contributed by atoms with Gasteiger partial charge in [0.25, 0.3) is 0 Å². The van der Waals surface area contributed by atoms with Gasteiger partial charge in [0.2, 0.25) is 0 Å². The molecule has 0 atom stereocenters. The maximum Gasteiger partial charge on any atom is -0.0683 e. The first kappa shape index (κ1) is 20.8. The van der Waals surface area contributed by atoms with Gasteiger partial charge in [-0.15, -0.1) is 0 Å². The lowest BCUT2D eigenvalue weighted by atomic mass is 11.0. The molecular weight excluding hydrogens is 68.0 g/mol. The molecule has 0 bridgehead atoms. The van der Waals surface area contributed by atoms with Crippen molar-refractivity contribution in [3.8, 4) is 0 Å². The SMILES string of the molecule is CC.NN.O. The molecule has 6 N–H and O–H groups in total. The van der Waals surface area contributed by atoms with Crippen molar-refractivity contribution in [1.29, 1.82) is 0 Å². The third-order valence-electron chi connectivity index (χ3n) is 0. The Morgan fingerprint density at radius 1 is 1.00 bits per heavy atom. The van der Waals surface area contributed by atoms with Gasteiger partial charge < -0.3 is 5.48 Å². The van der Waals surface area contributed by atoms with Crippen molar-refractivity contribution >= 4 is 0 Å². The largest absolute Gasteiger partial charge is 0.412 e. The molecule has 0 rings (SSSR count). The van der Waals surface area contributed by atoms with Crippen LogP contribution in [0.15, 0.2) is 0 Å². The van der Waals surface area contributed by atoms with E-state index in [1.807, 2.05) is 13.8 Å². The van der Waals surface area contributed by atoms with Gasteiger partial charge in [0, 0.05) is 0 Å². The zero-order valence-corrected chi connectivity index (χ0v) is 3.65. The van der Waals surface area contributed by atoms with Crippen molar-refractivity contribution in [2.24, 2.45) is 11.7 Å². The molecule has 0 aliphatic rings. The average Bonchev–Trinajstić information content (AvgIpc) is 1.50. The standard InChI is InChI=1S/C2H6.H4N2.H2O/c2*1-2;/h1-2H3;1-2H2;1H2. The summed E-state index contributed by atoms with van der Waals surface area (Å²) in [6, 6.07) is 0. The molecule has 0 heterocycles. The van der Waals surface area contributed by atoms with Crippen LogP contribution >= 0.6 is 0 Å². The van der Waals surface area contributed by atoms with Crippen LogP contribution in [0.2, 0.25) is 0 Å². The fraction of sp³-hybridized carbons (Fsp3) is 1.00.